The van der Waals surface area contributed by atoms with E-state index in [0.29, 0.717) is 0 Å². The molecule has 0 spiro atoms. The summed E-state index contributed by atoms with van der Waals surface area (Å²) >= 11 is 0. The first-order chi connectivity index (χ1) is 10.2. The molecule has 2 amide bonds. The Kier molecular flexibility index (Phi) is 6.16. The zero-order chi connectivity index (χ0) is 16.8. The van der Waals surface area contributed by atoms with Crippen molar-refractivity contribution in [2.24, 2.45) is 0 Å². The Balaban J connectivity index is 2.54. The van der Waals surface area contributed by atoms with Crippen LogP contribution in [0.1, 0.15) is 33.3 Å². The van der Waals surface area contributed by atoms with Crippen molar-refractivity contribution in [1.29, 1.82) is 0 Å². The second-order valence-corrected chi connectivity index (χ2v) is 6.08. The predicted molar refractivity (Wildman–Crippen MR) is 87.5 cm³/mol. The van der Waals surface area contributed by atoms with Gasteiger partial charge in [0.25, 0.3) is 0 Å². The Bertz CT molecular complexity index is 542. The average molecular weight is 304 g/mol. The highest BCUT2D eigenvalue weighted by Gasteiger charge is 2.19. The Hall–Kier alpha value is -2.30. The second-order valence-electron chi connectivity index (χ2n) is 6.08. The molecule has 1 rings (SSSR count). The molecule has 0 aliphatic rings. The van der Waals surface area contributed by atoms with Gasteiger partial charge in [0.1, 0.15) is 11.8 Å². The molecule has 5 nitrogen and oxygen atoms in total. The van der Waals surface area contributed by atoms with Crippen LogP contribution in [0.25, 0.3) is 6.08 Å². The fourth-order valence-electron chi connectivity index (χ4n) is 1.69. The van der Waals surface area contributed by atoms with Crippen molar-refractivity contribution in [1.82, 2.24) is 10.6 Å². The molecule has 0 fully saturated rings. The van der Waals surface area contributed by atoms with Gasteiger partial charge < -0.3 is 15.4 Å². The standard InChI is InChI=1S/C17H24N2O3/c1-12(16(21)19-17(2,3)4)18-15(20)11-8-13-6-9-14(22-5)10-7-13/h6-12H,1-5H3,(H,18,20)(H,19,21)/b11-8+. The van der Waals surface area contributed by atoms with Crippen molar-refractivity contribution in [2.75, 3.05) is 7.11 Å². The Morgan fingerprint density at radius 2 is 1.77 bits per heavy atom. The molecule has 22 heavy (non-hydrogen) atoms. The topological polar surface area (TPSA) is 67.4 Å². The highest BCUT2D eigenvalue weighted by molar-refractivity contribution is 5.95. The summed E-state index contributed by atoms with van der Waals surface area (Å²) in [5, 5.41) is 5.45. The van der Waals surface area contributed by atoms with Crippen LogP contribution in [0.2, 0.25) is 0 Å². The van der Waals surface area contributed by atoms with Gasteiger partial charge in [-0.3, -0.25) is 9.59 Å². The smallest absolute Gasteiger partial charge is 0.244 e. The molecule has 1 unspecified atom stereocenters. The lowest BCUT2D eigenvalue weighted by molar-refractivity contribution is -0.127. The molecule has 0 aromatic heterocycles. The minimum atomic E-state index is -0.591. The number of ether oxygens (including phenoxy) is 1. The van der Waals surface area contributed by atoms with Gasteiger partial charge >= 0.3 is 0 Å². The normalized spacial score (nSPS) is 12.8. The lowest BCUT2D eigenvalue weighted by Crippen LogP contribution is -2.50. The minimum Gasteiger partial charge on any atom is -0.497 e. The van der Waals surface area contributed by atoms with Crippen LogP contribution in [0.15, 0.2) is 30.3 Å². The number of hydrogen-bond acceptors (Lipinski definition) is 3. The molecule has 0 radical (unpaired) electrons. The molecule has 1 atom stereocenters. The summed E-state index contributed by atoms with van der Waals surface area (Å²) in [7, 11) is 1.60. The molecular weight excluding hydrogens is 280 g/mol. The molecule has 2 N–H and O–H groups in total. The molecule has 120 valence electrons. The first-order valence-corrected chi connectivity index (χ1v) is 7.16. The maximum absolute atomic E-state index is 11.9. The summed E-state index contributed by atoms with van der Waals surface area (Å²) in [5.41, 5.74) is 0.553. The van der Waals surface area contributed by atoms with Gasteiger partial charge in [0.05, 0.1) is 7.11 Å². The van der Waals surface area contributed by atoms with Crippen LogP contribution in [-0.2, 0) is 9.59 Å². The van der Waals surface area contributed by atoms with Crippen molar-refractivity contribution in [3.63, 3.8) is 0 Å². The summed E-state index contributed by atoms with van der Waals surface area (Å²) in [4.78, 5) is 23.7. The molecule has 0 aliphatic carbocycles. The number of amides is 2. The van der Waals surface area contributed by atoms with Crippen molar-refractivity contribution in [3.8, 4) is 5.75 Å². The van der Waals surface area contributed by atoms with Crippen LogP contribution in [-0.4, -0.2) is 30.5 Å². The maximum atomic E-state index is 11.9. The van der Waals surface area contributed by atoms with Crippen LogP contribution >= 0.6 is 0 Å². The molecule has 0 bridgehead atoms. The molecular formula is C17H24N2O3. The minimum absolute atomic E-state index is 0.210. The fraction of sp³-hybridized carbons (Fsp3) is 0.412. The number of carbonyl (C=O) groups excluding carboxylic acids is 2. The van der Waals surface area contributed by atoms with Crippen molar-refractivity contribution >= 4 is 17.9 Å². The third kappa shape index (κ3) is 6.43. The number of methoxy groups -OCH3 is 1. The first kappa shape index (κ1) is 17.8. The van der Waals surface area contributed by atoms with Gasteiger partial charge in [-0.15, -0.1) is 0 Å². The second kappa shape index (κ2) is 7.64. The number of benzene rings is 1. The van der Waals surface area contributed by atoms with Gasteiger partial charge in [0.15, 0.2) is 0 Å². The molecule has 5 heteroatoms. The summed E-state index contributed by atoms with van der Waals surface area (Å²) in [6.07, 6.45) is 3.09. The van der Waals surface area contributed by atoms with E-state index < -0.39 is 6.04 Å². The average Bonchev–Trinajstić information content (AvgIpc) is 2.43. The van der Waals surface area contributed by atoms with E-state index in [9.17, 15) is 9.59 Å². The molecule has 1 aromatic rings. The van der Waals surface area contributed by atoms with Crippen LogP contribution < -0.4 is 15.4 Å². The largest absolute Gasteiger partial charge is 0.497 e. The van der Waals surface area contributed by atoms with E-state index in [2.05, 4.69) is 10.6 Å². The molecule has 0 aliphatic heterocycles. The lowest BCUT2D eigenvalue weighted by atomic mass is 10.1. The van der Waals surface area contributed by atoms with Crippen molar-refractivity contribution in [3.05, 3.63) is 35.9 Å². The maximum Gasteiger partial charge on any atom is 0.244 e. The first-order valence-electron chi connectivity index (χ1n) is 7.16. The summed E-state index contributed by atoms with van der Waals surface area (Å²) in [5.74, 6) is 0.236. The van der Waals surface area contributed by atoms with Gasteiger partial charge in [0, 0.05) is 11.6 Å². The van der Waals surface area contributed by atoms with Crippen molar-refractivity contribution in [2.45, 2.75) is 39.3 Å². The van der Waals surface area contributed by atoms with Gasteiger partial charge in [-0.25, -0.2) is 0 Å². The molecule has 0 saturated carbocycles. The molecule has 0 saturated heterocycles. The highest BCUT2D eigenvalue weighted by atomic mass is 16.5. The van der Waals surface area contributed by atoms with Gasteiger partial charge in [-0.1, -0.05) is 12.1 Å². The molecule has 0 heterocycles. The van der Waals surface area contributed by atoms with E-state index in [0.717, 1.165) is 11.3 Å². The SMILES string of the molecule is COc1ccc(/C=C/C(=O)NC(C)C(=O)NC(C)(C)C)cc1. The highest BCUT2D eigenvalue weighted by Crippen LogP contribution is 2.12. The third-order valence-corrected chi connectivity index (χ3v) is 2.79. The van der Waals surface area contributed by atoms with E-state index in [-0.39, 0.29) is 17.4 Å². The number of nitrogens with one attached hydrogen (secondary N) is 2. The van der Waals surface area contributed by atoms with Gasteiger partial charge in [-0.2, -0.15) is 0 Å². The Morgan fingerprint density at radius 1 is 1.18 bits per heavy atom. The zero-order valence-electron chi connectivity index (χ0n) is 13.8. The van der Waals surface area contributed by atoms with Crippen LogP contribution in [0.3, 0.4) is 0 Å². The fourth-order valence-corrected chi connectivity index (χ4v) is 1.69. The van der Waals surface area contributed by atoms with E-state index in [1.165, 1.54) is 6.08 Å². The summed E-state index contributed by atoms with van der Waals surface area (Å²) in [6, 6.07) is 6.73. The monoisotopic (exact) mass is 304 g/mol. The Labute approximate surface area is 131 Å². The van der Waals surface area contributed by atoms with Crippen LogP contribution in [0.5, 0.6) is 5.75 Å². The number of hydrogen-bond donors (Lipinski definition) is 2. The molecule has 1 aromatic carbocycles. The van der Waals surface area contributed by atoms with Gasteiger partial charge in [0.2, 0.25) is 11.8 Å². The summed E-state index contributed by atoms with van der Waals surface area (Å²) in [6.45, 7) is 7.33. The van der Waals surface area contributed by atoms with Crippen molar-refractivity contribution < 1.29 is 14.3 Å². The van der Waals surface area contributed by atoms with Gasteiger partial charge in [-0.05, 0) is 51.5 Å². The van der Waals surface area contributed by atoms with Crippen LogP contribution in [0.4, 0.5) is 0 Å². The predicted octanol–water partition coefficient (Wildman–Crippen LogP) is 2.13. The van der Waals surface area contributed by atoms with E-state index in [4.69, 9.17) is 4.74 Å². The number of carbonyl (C=O) groups is 2. The Morgan fingerprint density at radius 3 is 2.27 bits per heavy atom. The van der Waals surface area contributed by atoms with E-state index >= 15 is 0 Å². The zero-order valence-corrected chi connectivity index (χ0v) is 13.8. The number of rotatable bonds is 5. The lowest BCUT2D eigenvalue weighted by Gasteiger charge is -2.23. The summed E-state index contributed by atoms with van der Waals surface area (Å²) < 4.78 is 5.07. The quantitative estimate of drug-likeness (QED) is 0.819. The third-order valence-electron chi connectivity index (χ3n) is 2.79. The van der Waals surface area contributed by atoms with Crippen LogP contribution in [0, 0.1) is 0 Å². The van der Waals surface area contributed by atoms with E-state index in [1.807, 2.05) is 45.0 Å². The van der Waals surface area contributed by atoms with E-state index in [1.54, 1.807) is 20.1 Å².